The van der Waals surface area contributed by atoms with E-state index >= 15 is 0 Å². The van der Waals surface area contributed by atoms with E-state index in [-0.39, 0.29) is 5.91 Å². The van der Waals surface area contributed by atoms with Crippen molar-refractivity contribution >= 4 is 21.8 Å². The average Bonchev–Trinajstić information content (AvgIpc) is 2.59. The first-order valence-corrected chi connectivity index (χ1v) is 7.80. The van der Waals surface area contributed by atoms with E-state index in [2.05, 4.69) is 15.9 Å². The number of hydrogen-bond acceptors (Lipinski definition) is 2. The lowest BCUT2D eigenvalue weighted by atomic mass is 9.98. The summed E-state index contributed by atoms with van der Waals surface area (Å²) in [7, 11) is 0. The summed E-state index contributed by atoms with van der Waals surface area (Å²) < 4.78 is 0. The number of nitrogens with zero attached hydrogens (tertiary/aromatic N) is 1. The van der Waals surface area contributed by atoms with Gasteiger partial charge in [0.1, 0.15) is 0 Å². The van der Waals surface area contributed by atoms with Gasteiger partial charge in [0.05, 0.1) is 5.60 Å². The molecule has 1 fully saturated rings. The molecule has 1 saturated heterocycles. The minimum Gasteiger partial charge on any atom is -0.390 e. The Balaban J connectivity index is 2.06. The molecule has 19 heavy (non-hydrogen) atoms. The summed E-state index contributed by atoms with van der Waals surface area (Å²) in [5, 5.41) is 10.8. The van der Waals surface area contributed by atoms with Crippen LogP contribution in [0.5, 0.6) is 0 Å². The molecule has 0 radical (unpaired) electrons. The number of amides is 1. The standard InChI is InChI=1S/C15H20BrNO2/c1-15(19)7-2-9-17(10-8-15)14(18)13-5-3-12(11-16)4-6-13/h3-6,19H,2,7-11H2,1H3. The van der Waals surface area contributed by atoms with Crippen LogP contribution < -0.4 is 0 Å². The van der Waals surface area contributed by atoms with Gasteiger partial charge in [-0.15, -0.1) is 0 Å². The maximum absolute atomic E-state index is 12.4. The van der Waals surface area contributed by atoms with E-state index in [1.54, 1.807) is 0 Å². The molecule has 1 N–H and O–H groups in total. The Hall–Kier alpha value is -0.870. The highest BCUT2D eigenvalue weighted by Gasteiger charge is 2.27. The molecule has 0 aliphatic carbocycles. The van der Waals surface area contributed by atoms with E-state index < -0.39 is 5.60 Å². The molecule has 1 aromatic rings. The Morgan fingerprint density at radius 1 is 1.32 bits per heavy atom. The number of alkyl halides is 1. The molecular weight excluding hydrogens is 306 g/mol. The largest absolute Gasteiger partial charge is 0.390 e. The van der Waals surface area contributed by atoms with Crippen LogP contribution in [-0.2, 0) is 5.33 Å². The number of halogens is 1. The van der Waals surface area contributed by atoms with Crippen molar-refractivity contribution in [3.63, 3.8) is 0 Å². The molecule has 0 spiro atoms. The second-order valence-electron chi connectivity index (χ2n) is 5.47. The van der Waals surface area contributed by atoms with Gasteiger partial charge in [-0.2, -0.15) is 0 Å². The van der Waals surface area contributed by atoms with Crippen molar-refractivity contribution in [3.05, 3.63) is 35.4 Å². The topological polar surface area (TPSA) is 40.5 Å². The van der Waals surface area contributed by atoms with Crippen molar-refractivity contribution in [2.24, 2.45) is 0 Å². The third-order valence-electron chi connectivity index (χ3n) is 3.71. The molecule has 0 bridgehead atoms. The van der Waals surface area contributed by atoms with Crippen molar-refractivity contribution in [3.8, 4) is 0 Å². The van der Waals surface area contributed by atoms with Gasteiger partial charge in [0.15, 0.2) is 0 Å². The van der Waals surface area contributed by atoms with Gasteiger partial charge in [-0.25, -0.2) is 0 Å². The van der Waals surface area contributed by atoms with E-state index in [1.807, 2.05) is 36.1 Å². The minimum absolute atomic E-state index is 0.0684. The molecule has 1 atom stereocenters. The highest BCUT2D eigenvalue weighted by atomic mass is 79.9. The maximum atomic E-state index is 12.4. The zero-order valence-corrected chi connectivity index (χ0v) is 12.8. The van der Waals surface area contributed by atoms with E-state index in [0.717, 1.165) is 35.8 Å². The number of likely N-dealkylation sites (tertiary alicyclic amines) is 1. The van der Waals surface area contributed by atoms with Crippen molar-refractivity contribution in [2.45, 2.75) is 37.1 Å². The normalized spacial score (nSPS) is 24.1. The number of carbonyl (C=O) groups excluding carboxylic acids is 1. The Morgan fingerprint density at radius 2 is 2.00 bits per heavy atom. The second-order valence-corrected chi connectivity index (χ2v) is 6.03. The lowest BCUT2D eigenvalue weighted by Crippen LogP contribution is -2.33. The predicted octanol–water partition coefficient (Wildman–Crippen LogP) is 2.96. The van der Waals surface area contributed by atoms with Crippen LogP contribution in [0.1, 0.15) is 42.1 Å². The molecule has 1 aliphatic heterocycles. The van der Waals surface area contributed by atoms with Crippen molar-refractivity contribution < 1.29 is 9.90 Å². The van der Waals surface area contributed by atoms with Gasteiger partial charge in [0.2, 0.25) is 0 Å². The molecule has 4 heteroatoms. The molecule has 1 amide bonds. The van der Waals surface area contributed by atoms with Crippen LogP contribution >= 0.6 is 15.9 Å². The van der Waals surface area contributed by atoms with Crippen LogP contribution in [-0.4, -0.2) is 34.6 Å². The van der Waals surface area contributed by atoms with E-state index in [9.17, 15) is 9.90 Å². The summed E-state index contributed by atoms with van der Waals surface area (Å²) in [5.41, 5.74) is 1.26. The van der Waals surface area contributed by atoms with Gasteiger partial charge in [-0.05, 0) is 43.9 Å². The first-order valence-electron chi connectivity index (χ1n) is 6.68. The van der Waals surface area contributed by atoms with Crippen LogP contribution in [0, 0.1) is 0 Å². The lowest BCUT2D eigenvalue weighted by Gasteiger charge is -2.22. The zero-order valence-electron chi connectivity index (χ0n) is 11.2. The number of hydrogen-bond donors (Lipinski definition) is 1. The Bertz CT molecular complexity index is 442. The monoisotopic (exact) mass is 325 g/mol. The number of rotatable bonds is 2. The number of aliphatic hydroxyl groups is 1. The van der Waals surface area contributed by atoms with Gasteiger partial charge in [0.25, 0.3) is 5.91 Å². The molecule has 104 valence electrons. The SMILES string of the molecule is CC1(O)CCCN(C(=O)c2ccc(CBr)cc2)CC1. The summed E-state index contributed by atoms with van der Waals surface area (Å²) in [4.78, 5) is 14.2. The van der Waals surface area contributed by atoms with E-state index in [0.29, 0.717) is 13.0 Å². The maximum Gasteiger partial charge on any atom is 0.253 e. The predicted molar refractivity (Wildman–Crippen MR) is 79.5 cm³/mol. The van der Waals surface area contributed by atoms with Gasteiger partial charge in [0, 0.05) is 24.0 Å². The van der Waals surface area contributed by atoms with Crippen molar-refractivity contribution in [2.75, 3.05) is 13.1 Å². The van der Waals surface area contributed by atoms with Crippen molar-refractivity contribution in [1.29, 1.82) is 0 Å². The van der Waals surface area contributed by atoms with E-state index in [1.165, 1.54) is 0 Å². The molecule has 1 unspecified atom stereocenters. The third-order valence-corrected chi connectivity index (χ3v) is 4.35. The van der Waals surface area contributed by atoms with Crippen LogP contribution in [0.3, 0.4) is 0 Å². The molecule has 2 rings (SSSR count). The number of carbonyl (C=O) groups is 1. The Labute approximate surface area is 122 Å². The summed E-state index contributed by atoms with van der Waals surface area (Å²) in [6, 6.07) is 7.69. The molecule has 1 aromatic carbocycles. The molecule has 1 aliphatic rings. The molecule has 0 aromatic heterocycles. The highest BCUT2D eigenvalue weighted by Crippen LogP contribution is 2.22. The summed E-state index contributed by atoms with van der Waals surface area (Å²) in [6.45, 7) is 3.22. The summed E-state index contributed by atoms with van der Waals surface area (Å²) in [6.07, 6.45) is 2.27. The van der Waals surface area contributed by atoms with Crippen LogP contribution in [0.15, 0.2) is 24.3 Å². The van der Waals surface area contributed by atoms with Gasteiger partial charge in [-0.3, -0.25) is 4.79 Å². The first kappa shape index (κ1) is 14.5. The van der Waals surface area contributed by atoms with E-state index in [4.69, 9.17) is 0 Å². The molecule has 3 nitrogen and oxygen atoms in total. The zero-order chi connectivity index (χ0) is 13.9. The smallest absolute Gasteiger partial charge is 0.253 e. The fourth-order valence-electron chi connectivity index (χ4n) is 2.39. The van der Waals surface area contributed by atoms with Crippen molar-refractivity contribution in [1.82, 2.24) is 4.90 Å². The highest BCUT2D eigenvalue weighted by molar-refractivity contribution is 9.08. The van der Waals surface area contributed by atoms with Gasteiger partial charge in [-0.1, -0.05) is 28.1 Å². The quantitative estimate of drug-likeness (QED) is 0.849. The van der Waals surface area contributed by atoms with Crippen LogP contribution in [0.2, 0.25) is 0 Å². The Morgan fingerprint density at radius 3 is 2.63 bits per heavy atom. The molecular formula is C15H20BrNO2. The minimum atomic E-state index is -0.630. The third kappa shape index (κ3) is 3.80. The van der Waals surface area contributed by atoms with Crippen LogP contribution in [0.4, 0.5) is 0 Å². The van der Waals surface area contributed by atoms with Crippen LogP contribution in [0.25, 0.3) is 0 Å². The second kappa shape index (κ2) is 6.06. The number of benzene rings is 1. The molecule has 1 heterocycles. The molecule has 0 saturated carbocycles. The first-order chi connectivity index (χ1) is 9.02. The Kier molecular flexibility index (Phi) is 4.63. The fraction of sp³-hybridized carbons (Fsp3) is 0.533. The average molecular weight is 326 g/mol. The summed E-state index contributed by atoms with van der Waals surface area (Å²) >= 11 is 3.40. The lowest BCUT2D eigenvalue weighted by molar-refractivity contribution is 0.0438. The fourth-order valence-corrected chi connectivity index (χ4v) is 2.76. The van der Waals surface area contributed by atoms with Gasteiger partial charge < -0.3 is 10.0 Å². The summed E-state index contributed by atoms with van der Waals surface area (Å²) in [5.74, 6) is 0.0684. The van der Waals surface area contributed by atoms with Gasteiger partial charge >= 0.3 is 0 Å².